The Morgan fingerprint density at radius 1 is 1.23 bits per heavy atom. The van der Waals surface area contributed by atoms with E-state index in [9.17, 15) is 17.6 Å². The van der Waals surface area contributed by atoms with Crippen molar-refractivity contribution in [2.24, 2.45) is 0 Å². The number of carboxylic acid groups (broad SMARTS) is 1. The predicted octanol–water partition coefficient (Wildman–Crippen LogP) is 2.22. The minimum Gasteiger partial charge on any atom is -0.480 e. The molecule has 1 saturated heterocycles. The lowest BCUT2D eigenvalue weighted by Gasteiger charge is -2.21. The topological polar surface area (TPSA) is 74.7 Å². The van der Waals surface area contributed by atoms with E-state index in [1.807, 2.05) is 0 Å². The molecule has 0 aromatic heterocycles. The first kappa shape index (κ1) is 14.9. The Hall–Kier alpha value is -1.99. The van der Waals surface area contributed by atoms with E-state index >= 15 is 0 Å². The molecule has 1 fully saturated rings. The van der Waals surface area contributed by atoms with E-state index in [-0.39, 0.29) is 18.4 Å². The summed E-state index contributed by atoms with van der Waals surface area (Å²) < 4.78 is 40.7. The van der Waals surface area contributed by atoms with E-state index in [1.54, 1.807) is 18.2 Å². The molecule has 116 valence electrons. The van der Waals surface area contributed by atoms with Gasteiger partial charge in [0.25, 0.3) is 0 Å². The highest BCUT2D eigenvalue weighted by molar-refractivity contribution is 7.89. The van der Waals surface area contributed by atoms with E-state index in [4.69, 9.17) is 5.11 Å². The zero-order valence-electron chi connectivity index (χ0n) is 11.6. The fraction of sp³-hybridized carbons (Fsp3) is 0.267. The standard InChI is InChI=1S/C15H14FNO4S/c16-14-11-5-2-1-4-10(11)7-8-13(14)22(20,21)17-9-3-6-12(17)15(18)19/h1-2,4-5,7-8,12H,3,6,9H2,(H,18,19)/t12-/m0/s1. The van der Waals surface area contributed by atoms with Gasteiger partial charge in [-0.25, -0.2) is 12.8 Å². The molecule has 0 unspecified atom stereocenters. The first-order valence-corrected chi connectivity index (χ1v) is 8.29. The molecule has 1 aliphatic heterocycles. The van der Waals surface area contributed by atoms with E-state index < -0.39 is 32.7 Å². The minimum atomic E-state index is -4.18. The number of rotatable bonds is 3. The van der Waals surface area contributed by atoms with Crippen molar-refractivity contribution in [2.75, 3.05) is 6.54 Å². The largest absolute Gasteiger partial charge is 0.480 e. The molecule has 0 saturated carbocycles. The maximum atomic E-state index is 14.6. The molecule has 1 heterocycles. The fourth-order valence-corrected chi connectivity index (χ4v) is 4.54. The SMILES string of the molecule is O=C(O)[C@@H]1CCCN1S(=O)(=O)c1ccc2ccccc2c1F. The summed E-state index contributed by atoms with van der Waals surface area (Å²) in [5, 5.41) is 9.93. The number of benzene rings is 2. The second kappa shape index (κ2) is 5.33. The highest BCUT2D eigenvalue weighted by atomic mass is 32.2. The van der Waals surface area contributed by atoms with Gasteiger partial charge in [0.05, 0.1) is 0 Å². The number of halogens is 1. The monoisotopic (exact) mass is 323 g/mol. The highest BCUT2D eigenvalue weighted by Gasteiger charge is 2.40. The van der Waals surface area contributed by atoms with Crippen LogP contribution in [0, 0.1) is 5.82 Å². The number of carboxylic acids is 1. The summed E-state index contributed by atoms with van der Waals surface area (Å²) in [6.45, 7) is 0.0889. The zero-order valence-corrected chi connectivity index (χ0v) is 12.4. The summed E-state index contributed by atoms with van der Waals surface area (Å²) in [7, 11) is -4.18. The van der Waals surface area contributed by atoms with Gasteiger partial charge >= 0.3 is 5.97 Å². The molecular weight excluding hydrogens is 309 g/mol. The molecule has 1 N–H and O–H groups in total. The Kier molecular flexibility index (Phi) is 3.62. The Labute approximate surface area is 127 Å². The van der Waals surface area contributed by atoms with E-state index in [2.05, 4.69) is 0 Å². The summed E-state index contributed by atoms with van der Waals surface area (Å²) in [6.07, 6.45) is 0.690. The van der Waals surface area contributed by atoms with Gasteiger partial charge in [-0.2, -0.15) is 4.31 Å². The summed E-state index contributed by atoms with van der Waals surface area (Å²) in [5.41, 5.74) is 0. The normalized spacial score (nSPS) is 19.6. The van der Waals surface area contributed by atoms with Crippen molar-refractivity contribution >= 4 is 26.8 Å². The van der Waals surface area contributed by atoms with E-state index in [1.165, 1.54) is 18.2 Å². The number of nitrogens with zero attached hydrogens (tertiary/aromatic N) is 1. The number of carbonyl (C=O) groups is 1. The molecule has 1 atom stereocenters. The van der Waals surface area contributed by atoms with Crippen molar-refractivity contribution in [1.29, 1.82) is 0 Å². The predicted molar refractivity (Wildman–Crippen MR) is 78.5 cm³/mol. The fourth-order valence-electron chi connectivity index (χ4n) is 2.81. The first-order valence-electron chi connectivity index (χ1n) is 6.85. The molecular formula is C15H14FNO4S. The lowest BCUT2D eigenvalue weighted by atomic mass is 10.1. The molecule has 2 aromatic rings. The Morgan fingerprint density at radius 2 is 1.95 bits per heavy atom. The number of sulfonamides is 1. The zero-order chi connectivity index (χ0) is 15.9. The van der Waals surface area contributed by atoms with Gasteiger partial charge in [0.1, 0.15) is 10.9 Å². The molecule has 0 spiro atoms. The van der Waals surface area contributed by atoms with Crippen LogP contribution in [0.5, 0.6) is 0 Å². The third-order valence-electron chi connectivity index (χ3n) is 3.90. The summed E-state index contributed by atoms with van der Waals surface area (Å²) >= 11 is 0. The van der Waals surface area contributed by atoms with Crippen molar-refractivity contribution in [3.8, 4) is 0 Å². The van der Waals surface area contributed by atoms with Crippen LogP contribution in [0.15, 0.2) is 41.3 Å². The Bertz CT molecular complexity index is 850. The van der Waals surface area contributed by atoms with Gasteiger partial charge in [-0.1, -0.05) is 30.3 Å². The first-order chi connectivity index (χ1) is 10.4. The number of hydrogen-bond acceptors (Lipinski definition) is 3. The minimum absolute atomic E-state index is 0.0889. The van der Waals surface area contributed by atoms with Crippen LogP contribution >= 0.6 is 0 Å². The van der Waals surface area contributed by atoms with E-state index in [0.29, 0.717) is 11.8 Å². The molecule has 7 heteroatoms. The van der Waals surface area contributed by atoms with Gasteiger partial charge in [-0.15, -0.1) is 0 Å². The lowest BCUT2D eigenvalue weighted by Crippen LogP contribution is -2.40. The number of hydrogen-bond donors (Lipinski definition) is 1. The molecule has 1 aliphatic rings. The molecule has 0 radical (unpaired) electrons. The van der Waals surface area contributed by atoms with Gasteiger partial charge in [0.15, 0.2) is 5.82 Å². The van der Waals surface area contributed by atoms with Gasteiger partial charge in [-0.05, 0) is 24.3 Å². The van der Waals surface area contributed by atoms with Gasteiger partial charge in [0, 0.05) is 11.9 Å². The molecule has 22 heavy (non-hydrogen) atoms. The third-order valence-corrected chi connectivity index (χ3v) is 5.83. The maximum absolute atomic E-state index is 14.6. The van der Waals surface area contributed by atoms with Crippen LogP contribution in [-0.2, 0) is 14.8 Å². The van der Waals surface area contributed by atoms with Crippen LogP contribution in [0.3, 0.4) is 0 Å². The van der Waals surface area contributed by atoms with E-state index in [0.717, 1.165) is 4.31 Å². The second-order valence-electron chi connectivity index (χ2n) is 5.21. The Morgan fingerprint density at radius 3 is 2.68 bits per heavy atom. The average molecular weight is 323 g/mol. The van der Waals surface area contributed by atoms with Crippen LogP contribution in [0.2, 0.25) is 0 Å². The molecule has 2 aromatic carbocycles. The van der Waals surface area contributed by atoms with Crippen LogP contribution < -0.4 is 0 Å². The summed E-state index contributed by atoms with van der Waals surface area (Å²) in [5.74, 6) is -2.04. The van der Waals surface area contributed by atoms with Crippen molar-refractivity contribution in [2.45, 2.75) is 23.8 Å². The second-order valence-corrected chi connectivity index (χ2v) is 7.07. The quantitative estimate of drug-likeness (QED) is 0.940. The average Bonchev–Trinajstić information content (AvgIpc) is 2.98. The van der Waals surface area contributed by atoms with Crippen LogP contribution in [0.25, 0.3) is 10.8 Å². The van der Waals surface area contributed by atoms with Crippen LogP contribution in [0.4, 0.5) is 4.39 Å². The number of aliphatic carboxylic acids is 1. The number of fused-ring (bicyclic) bond motifs is 1. The van der Waals surface area contributed by atoms with Crippen LogP contribution in [-0.4, -0.2) is 36.4 Å². The van der Waals surface area contributed by atoms with Gasteiger partial charge in [0.2, 0.25) is 10.0 Å². The third kappa shape index (κ3) is 2.26. The lowest BCUT2D eigenvalue weighted by molar-refractivity contribution is -0.140. The highest BCUT2D eigenvalue weighted by Crippen LogP contribution is 2.30. The molecule has 0 bridgehead atoms. The molecule has 5 nitrogen and oxygen atoms in total. The van der Waals surface area contributed by atoms with Crippen LogP contribution in [0.1, 0.15) is 12.8 Å². The van der Waals surface area contributed by atoms with Crippen molar-refractivity contribution in [3.05, 3.63) is 42.2 Å². The molecule has 3 rings (SSSR count). The molecule has 0 aliphatic carbocycles. The molecule has 0 amide bonds. The van der Waals surface area contributed by atoms with Gasteiger partial charge in [-0.3, -0.25) is 4.79 Å². The van der Waals surface area contributed by atoms with Crippen molar-refractivity contribution < 1.29 is 22.7 Å². The van der Waals surface area contributed by atoms with Gasteiger partial charge < -0.3 is 5.11 Å². The van der Waals surface area contributed by atoms with Crippen molar-refractivity contribution in [3.63, 3.8) is 0 Å². The summed E-state index contributed by atoms with van der Waals surface area (Å²) in [4.78, 5) is 10.7. The maximum Gasteiger partial charge on any atom is 0.322 e. The Balaban J connectivity index is 2.13. The van der Waals surface area contributed by atoms with Crippen molar-refractivity contribution in [1.82, 2.24) is 4.31 Å². The summed E-state index contributed by atoms with van der Waals surface area (Å²) in [6, 6.07) is 8.14. The smallest absolute Gasteiger partial charge is 0.322 e.